The highest BCUT2D eigenvalue weighted by Crippen LogP contribution is 2.13. The number of ketones is 1. The van der Waals surface area contributed by atoms with Crippen LogP contribution >= 0.6 is 0 Å². The van der Waals surface area contributed by atoms with Gasteiger partial charge in [-0.25, -0.2) is 4.98 Å². The molecule has 2 heterocycles. The molecule has 4 heteroatoms. The Balaban J connectivity index is 2.03. The normalized spacial score (nSPS) is 13.0. The van der Waals surface area contributed by atoms with Gasteiger partial charge in [0.25, 0.3) is 0 Å². The average molecular weight is 281 g/mol. The molecule has 0 saturated heterocycles. The number of pyridine rings is 1. The Morgan fingerprint density at radius 1 is 1.24 bits per heavy atom. The van der Waals surface area contributed by atoms with Gasteiger partial charge in [0, 0.05) is 24.6 Å². The zero-order valence-corrected chi connectivity index (χ0v) is 12.3. The first-order valence-electron chi connectivity index (χ1n) is 7.04. The minimum Gasteiger partial charge on any atom is -0.329 e. The Kier molecular flexibility index (Phi) is 5.21. The average Bonchev–Trinajstić information content (AvgIpc) is 2.99. The van der Waals surface area contributed by atoms with Gasteiger partial charge in [-0.3, -0.25) is 9.78 Å². The molecular formula is C17H19N3O. The van der Waals surface area contributed by atoms with E-state index < -0.39 is 0 Å². The van der Waals surface area contributed by atoms with Crippen LogP contribution in [-0.4, -0.2) is 20.3 Å². The summed E-state index contributed by atoms with van der Waals surface area (Å²) in [5.74, 6) is 0.711. The van der Waals surface area contributed by atoms with Gasteiger partial charge in [0.1, 0.15) is 5.82 Å². The summed E-state index contributed by atoms with van der Waals surface area (Å²) in [6.45, 7) is 4.25. The summed E-state index contributed by atoms with van der Waals surface area (Å²) in [7, 11) is 0. The van der Waals surface area contributed by atoms with Gasteiger partial charge in [0.2, 0.25) is 0 Å². The van der Waals surface area contributed by atoms with Crippen LogP contribution in [0.3, 0.4) is 0 Å². The van der Waals surface area contributed by atoms with E-state index in [0.29, 0.717) is 6.04 Å². The highest BCUT2D eigenvalue weighted by atomic mass is 16.1. The minimum atomic E-state index is -0.0839. The molecule has 0 bridgehead atoms. The van der Waals surface area contributed by atoms with E-state index in [1.807, 2.05) is 24.4 Å². The van der Waals surface area contributed by atoms with Gasteiger partial charge < -0.3 is 4.57 Å². The van der Waals surface area contributed by atoms with Crippen molar-refractivity contribution in [3.8, 4) is 0 Å². The van der Waals surface area contributed by atoms with Crippen molar-refractivity contribution in [2.45, 2.75) is 26.3 Å². The molecule has 1 unspecified atom stereocenters. The van der Waals surface area contributed by atoms with Crippen LogP contribution in [0.5, 0.6) is 0 Å². The van der Waals surface area contributed by atoms with E-state index in [1.165, 1.54) is 12.2 Å². The molecule has 4 nitrogen and oxygen atoms in total. The van der Waals surface area contributed by atoms with Crippen LogP contribution in [0.15, 0.2) is 48.9 Å². The molecule has 21 heavy (non-hydrogen) atoms. The van der Waals surface area contributed by atoms with Gasteiger partial charge in [-0.1, -0.05) is 13.0 Å². The molecule has 0 radical (unpaired) electrons. The van der Waals surface area contributed by atoms with Gasteiger partial charge in [0.05, 0.1) is 5.69 Å². The SMILES string of the molecule is CCC(C)n1ccnc1/C=C/C(=O)/C=C/c1ccccn1. The Labute approximate surface area is 124 Å². The molecule has 0 aliphatic heterocycles. The Bertz CT molecular complexity index is 641. The molecule has 0 N–H and O–H groups in total. The monoisotopic (exact) mass is 281 g/mol. The molecule has 0 aliphatic carbocycles. The summed E-state index contributed by atoms with van der Waals surface area (Å²) in [6.07, 6.45) is 12.9. The highest BCUT2D eigenvalue weighted by Gasteiger charge is 2.05. The van der Waals surface area contributed by atoms with Crippen molar-refractivity contribution in [3.05, 3.63) is 60.5 Å². The summed E-state index contributed by atoms with van der Waals surface area (Å²) >= 11 is 0. The second-order valence-corrected chi connectivity index (χ2v) is 4.77. The van der Waals surface area contributed by atoms with E-state index in [4.69, 9.17) is 0 Å². The van der Waals surface area contributed by atoms with Gasteiger partial charge in [0.15, 0.2) is 5.78 Å². The summed E-state index contributed by atoms with van der Waals surface area (Å²) in [6, 6.07) is 5.94. The van der Waals surface area contributed by atoms with E-state index in [9.17, 15) is 4.79 Å². The number of rotatable bonds is 6. The second kappa shape index (κ2) is 7.33. The molecule has 0 aliphatic rings. The van der Waals surface area contributed by atoms with Crippen molar-refractivity contribution in [2.24, 2.45) is 0 Å². The molecule has 0 fully saturated rings. The van der Waals surface area contributed by atoms with E-state index >= 15 is 0 Å². The molecule has 0 spiro atoms. The lowest BCUT2D eigenvalue weighted by molar-refractivity contribution is -0.110. The zero-order valence-electron chi connectivity index (χ0n) is 12.3. The lowest BCUT2D eigenvalue weighted by Gasteiger charge is -2.11. The van der Waals surface area contributed by atoms with Gasteiger partial charge >= 0.3 is 0 Å². The maximum absolute atomic E-state index is 11.8. The van der Waals surface area contributed by atoms with Crippen LogP contribution in [-0.2, 0) is 4.79 Å². The van der Waals surface area contributed by atoms with Crippen LogP contribution in [0, 0.1) is 0 Å². The number of imidazole rings is 1. The number of allylic oxidation sites excluding steroid dienone is 2. The van der Waals surface area contributed by atoms with Crippen molar-refractivity contribution in [3.63, 3.8) is 0 Å². The third-order valence-corrected chi connectivity index (χ3v) is 3.27. The van der Waals surface area contributed by atoms with Crippen LogP contribution in [0.4, 0.5) is 0 Å². The predicted octanol–water partition coefficient (Wildman–Crippen LogP) is 3.54. The molecule has 0 amide bonds. The number of aromatic nitrogens is 3. The van der Waals surface area contributed by atoms with Crippen LogP contribution < -0.4 is 0 Å². The molecule has 2 aromatic rings. The van der Waals surface area contributed by atoms with Crippen molar-refractivity contribution in [2.75, 3.05) is 0 Å². The highest BCUT2D eigenvalue weighted by molar-refractivity contribution is 6.04. The second-order valence-electron chi connectivity index (χ2n) is 4.77. The maximum Gasteiger partial charge on any atom is 0.178 e. The predicted molar refractivity (Wildman–Crippen MR) is 84.5 cm³/mol. The molecule has 0 saturated carbocycles. The minimum absolute atomic E-state index is 0.0839. The lowest BCUT2D eigenvalue weighted by atomic mass is 10.2. The van der Waals surface area contributed by atoms with E-state index in [1.54, 1.807) is 24.5 Å². The number of hydrogen-bond acceptors (Lipinski definition) is 3. The maximum atomic E-state index is 11.8. The topological polar surface area (TPSA) is 47.8 Å². The first-order chi connectivity index (χ1) is 10.2. The van der Waals surface area contributed by atoms with Crippen molar-refractivity contribution in [1.29, 1.82) is 0 Å². The molecule has 0 aromatic carbocycles. The third-order valence-electron chi connectivity index (χ3n) is 3.27. The third kappa shape index (κ3) is 4.24. The van der Waals surface area contributed by atoms with Crippen LogP contribution in [0.25, 0.3) is 12.2 Å². The fourth-order valence-electron chi connectivity index (χ4n) is 1.88. The fourth-order valence-corrected chi connectivity index (χ4v) is 1.88. The quantitative estimate of drug-likeness (QED) is 0.761. The van der Waals surface area contributed by atoms with E-state index in [0.717, 1.165) is 17.9 Å². The van der Waals surface area contributed by atoms with Gasteiger partial charge in [-0.2, -0.15) is 0 Å². The largest absolute Gasteiger partial charge is 0.329 e. The molecule has 108 valence electrons. The molecule has 2 aromatic heterocycles. The first kappa shape index (κ1) is 14.9. The van der Waals surface area contributed by atoms with Gasteiger partial charge in [-0.15, -0.1) is 0 Å². The number of carbonyl (C=O) groups is 1. The summed E-state index contributed by atoms with van der Waals surface area (Å²) in [4.78, 5) is 20.2. The van der Waals surface area contributed by atoms with Crippen molar-refractivity contribution >= 4 is 17.9 Å². The van der Waals surface area contributed by atoms with E-state index in [-0.39, 0.29) is 5.78 Å². The fraction of sp³-hybridized carbons (Fsp3) is 0.235. The number of carbonyl (C=O) groups excluding carboxylic acids is 1. The summed E-state index contributed by atoms with van der Waals surface area (Å²) in [5, 5.41) is 0. The number of hydrogen-bond donors (Lipinski definition) is 0. The lowest BCUT2D eigenvalue weighted by Crippen LogP contribution is -2.04. The summed E-state index contributed by atoms with van der Waals surface area (Å²) in [5.41, 5.74) is 0.764. The standard InChI is InChI=1S/C17H19N3O/c1-3-14(2)20-13-12-19-17(20)10-9-16(21)8-7-15-6-4-5-11-18-15/h4-14H,3H2,1-2H3/b8-7+,10-9+. The first-order valence-corrected chi connectivity index (χ1v) is 7.04. The Hall–Kier alpha value is -2.49. The Morgan fingerprint density at radius 2 is 2.05 bits per heavy atom. The van der Waals surface area contributed by atoms with E-state index in [2.05, 4.69) is 28.4 Å². The zero-order chi connectivity index (χ0) is 15.1. The number of nitrogens with zero attached hydrogens (tertiary/aromatic N) is 3. The van der Waals surface area contributed by atoms with Gasteiger partial charge in [-0.05, 0) is 49.8 Å². The summed E-state index contributed by atoms with van der Waals surface area (Å²) < 4.78 is 2.06. The molecular weight excluding hydrogens is 262 g/mol. The molecule has 1 atom stereocenters. The van der Waals surface area contributed by atoms with Crippen LogP contribution in [0.1, 0.15) is 37.8 Å². The van der Waals surface area contributed by atoms with Crippen LogP contribution in [0.2, 0.25) is 0 Å². The van der Waals surface area contributed by atoms with Crippen molar-refractivity contribution in [1.82, 2.24) is 14.5 Å². The Morgan fingerprint density at radius 3 is 2.76 bits per heavy atom. The van der Waals surface area contributed by atoms with Crippen molar-refractivity contribution < 1.29 is 4.79 Å². The smallest absolute Gasteiger partial charge is 0.178 e. The molecule has 2 rings (SSSR count).